The van der Waals surface area contributed by atoms with Crippen molar-refractivity contribution in [2.75, 3.05) is 7.05 Å². The lowest BCUT2D eigenvalue weighted by atomic mass is 10.1. The monoisotopic (exact) mass is 457 g/mol. The molecule has 0 atom stereocenters. The molecule has 0 aliphatic carbocycles. The van der Waals surface area contributed by atoms with Gasteiger partial charge in [0.05, 0.1) is 17.2 Å². The van der Waals surface area contributed by atoms with E-state index >= 15 is 0 Å². The first-order valence-corrected chi connectivity index (χ1v) is 11.4. The third-order valence-corrected chi connectivity index (χ3v) is 7.59. The summed E-state index contributed by atoms with van der Waals surface area (Å²) in [5.74, 6) is -0.469. The molecule has 0 aliphatic heterocycles. The predicted molar refractivity (Wildman–Crippen MR) is 114 cm³/mol. The normalized spacial score (nSPS) is 12.5. The summed E-state index contributed by atoms with van der Waals surface area (Å²) >= 11 is 6.16. The molecule has 0 aliphatic rings. The Morgan fingerprint density at radius 3 is 2.37 bits per heavy atom. The zero-order valence-electron chi connectivity index (χ0n) is 17.6. The number of imidazole rings is 1. The second-order valence-corrected chi connectivity index (χ2v) is 9.92. The van der Waals surface area contributed by atoms with Gasteiger partial charge in [0.25, 0.3) is 0 Å². The number of benzene rings is 1. The minimum atomic E-state index is -3.99. The highest BCUT2D eigenvalue weighted by atomic mass is 35.5. The molecule has 1 aromatic heterocycles. The van der Waals surface area contributed by atoms with Crippen molar-refractivity contribution < 1.29 is 23.4 Å². The van der Waals surface area contributed by atoms with E-state index in [0.29, 0.717) is 12.2 Å². The number of carboxylic acids is 1. The summed E-state index contributed by atoms with van der Waals surface area (Å²) in [5, 5.41) is 19.3. The summed E-state index contributed by atoms with van der Waals surface area (Å²) in [5.41, 5.74) is -0.270. The maximum Gasteiger partial charge on any atom is 0.324 e. The van der Waals surface area contributed by atoms with Crippen LogP contribution in [-0.4, -0.2) is 51.0 Å². The summed E-state index contributed by atoms with van der Waals surface area (Å²) < 4.78 is 28.3. The van der Waals surface area contributed by atoms with E-state index in [9.17, 15) is 23.4 Å². The molecule has 2 N–H and O–H groups in total. The van der Waals surface area contributed by atoms with E-state index in [1.165, 1.54) is 33.0 Å². The van der Waals surface area contributed by atoms with E-state index in [1.54, 1.807) is 12.1 Å². The van der Waals surface area contributed by atoms with Crippen LogP contribution in [0.25, 0.3) is 0 Å². The number of sulfonamides is 1. The second kappa shape index (κ2) is 9.47. The van der Waals surface area contributed by atoms with E-state index in [-0.39, 0.29) is 16.7 Å². The van der Waals surface area contributed by atoms with E-state index in [1.807, 2.05) is 4.57 Å². The van der Waals surface area contributed by atoms with E-state index in [2.05, 4.69) is 11.9 Å². The fourth-order valence-corrected chi connectivity index (χ4v) is 4.65. The van der Waals surface area contributed by atoms with E-state index in [0.717, 1.165) is 35.0 Å². The zero-order valence-corrected chi connectivity index (χ0v) is 19.2. The van der Waals surface area contributed by atoms with Crippen LogP contribution in [0.5, 0.6) is 0 Å². The molecule has 1 aromatic carbocycles. The minimum absolute atomic E-state index is 0.000302. The summed E-state index contributed by atoms with van der Waals surface area (Å²) in [7, 11) is -2.74. The molecular weight excluding hydrogens is 430 g/mol. The Morgan fingerprint density at radius 2 is 1.87 bits per heavy atom. The van der Waals surface area contributed by atoms with Crippen molar-refractivity contribution in [3.05, 3.63) is 46.5 Å². The molecule has 1 heterocycles. The number of hydrogen-bond acceptors (Lipinski definition) is 5. The van der Waals surface area contributed by atoms with Crippen molar-refractivity contribution in [1.82, 2.24) is 13.9 Å². The maximum atomic E-state index is 12.8. The van der Waals surface area contributed by atoms with Gasteiger partial charge in [-0.3, -0.25) is 4.79 Å². The molecule has 0 fully saturated rings. The van der Waals surface area contributed by atoms with Crippen LogP contribution >= 0.6 is 11.6 Å². The average molecular weight is 458 g/mol. The molecule has 0 bridgehead atoms. The summed E-state index contributed by atoms with van der Waals surface area (Å²) in [6.07, 6.45) is 2.64. The van der Waals surface area contributed by atoms with E-state index in [4.69, 9.17) is 11.6 Å². The third-order valence-electron chi connectivity index (χ3n) is 5.24. The molecule has 2 aromatic rings. The minimum Gasteiger partial charge on any atom is -0.480 e. The fraction of sp³-hybridized carbons (Fsp3) is 0.500. The van der Waals surface area contributed by atoms with Gasteiger partial charge in [-0.15, -0.1) is 0 Å². The highest BCUT2D eigenvalue weighted by molar-refractivity contribution is 7.89. The molecule has 0 radical (unpaired) electrons. The van der Waals surface area contributed by atoms with Crippen LogP contribution in [-0.2, 0) is 34.4 Å². The van der Waals surface area contributed by atoms with E-state index < -0.39 is 21.5 Å². The molecule has 166 valence electrons. The lowest BCUT2D eigenvalue weighted by Crippen LogP contribution is -2.50. The van der Waals surface area contributed by atoms with Crippen LogP contribution in [0, 0.1) is 0 Å². The van der Waals surface area contributed by atoms with Crippen molar-refractivity contribution in [2.24, 2.45) is 0 Å². The van der Waals surface area contributed by atoms with Crippen molar-refractivity contribution in [3.63, 3.8) is 0 Å². The standard InChI is InChI=1S/C20H28ClN3O5S/c1-5-6-7-17-22-18(21)16(13-25)24(17)12-14-8-10-15(11-9-14)30(28,29)23(4)20(2,3)19(26)27/h8-11,25H,5-7,12-13H2,1-4H3,(H,26,27). The van der Waals surface area contributed by atoms with Gasteiger partial charge in [0.15, 0.2) is 5.15 Å². The lowest BCUT2D eigenvalue weighted by molar-refractivity contribution is -0.145. The second-order valence-electron chi connectivity index (χ2n) is 7.59. The Bertz CT molecular complexity index is 1000. The zero-order chi connectivity index (χ0) is 22.7. The number of rotatable bonds is 10. The smallest absolute Gasteiger partial charge is 0.324 e. The molecule has 0 spiro atoms. The van der Waals surface area contributed by atoms with Crippen LogP contribution in [0.15, 0.2) is 29.2 Å². The quantitative estimate of drug-likeness (QED) is 0.567. The number of hydrogen-bond donors (Lipinski definition) is 2. The first kappa shape index (κ1) is 24.3. The summed E-state index contributed by atoms with van der Waals surface area (Å²) in [6, 6.07) is 6.21. The number of halogens is 1. The number of carbonyl (C=O) groups is 1. The number of aryl methyl sites for hydroxylation is 1. The molecule has 30 heavy (non-hydrogen) atoms. The van der Waals surface area contributed by atoms with Crippen LogP contribution in [0.1, 0.15) is 50.7 Å². The van der Waals surface area contributed by atoms with Gasteiger partial charge >= 0.3 is 5.97 Å². The number of aliphatic carboxylic acids is 1. The highest BCUT2D eigenvalue weighted by Gasteiger charge is 2.40. The molecule has 0 saturated heterocycles. The van der Waals surface area contributed by atoms with Crippen molar-refractivity contribution in [1.29, 1.82) is 0 Å². The topological polar surface area (TPSA) is 113 Å². The Kier molecular flexibility index (Phi) is 7.68. The molecule has 2 rings (SSSR count). The van der Waals surface area contributed by atoms with Crippen LogP contribution in [0.4, 0.5) is 0 Å². The van der Waals surface area contributed by atoms with Gasteiger partial charge in [0.2, 0.25) is 10.0 Å². The summed E-state index contributed by atoms with van der Waals surface area (Å²) in [6.45, 7) is 4.87. The molecule has 8 nitrogen and oxygen atoms in total. The molecule has 0 amide bonds. The van der Waals surface area contributed by atoms with Gasteiger partial charge < -0.3 is 14.8 Å². The Morgan fingerprint density at radius 1 is 1.27 bits per heavy atom. The first-order chi connectivity index (χ1) is 14.0. The van der Waals surface area contributed by atoms with Gasteiger partial charge in [0, 0.05) is 20.0 Å². The van der Waals surface area contributed by atoms with Crippen molar-refractivity contribution >= 4 is 27.6 Å². The van der Waals surface area contributed by atoms with Crippen LogP contribution < -0.4 is 0 Å². The Balaban J connectivity index is 2.32. The number of aliphatic hydroxyl groups excluding tert-OH is 1. The van der Waals surface area contributed by atoms with Gasteiger partial charge in [-0.05, 0) is 38.0 Å². The fourth-order valence-electron chi connectivity index (χ4n) is 2.91. The van der Waals surface area contributed by atoms with Gasteiger partial charge in [0.1, 0.15) is 11.4 Å². The number of likely N-dealkylation sites (N-methyl/N-ethyl adjacent to an activating group) is 1. The Hall–Kier alpha value is -1.94. The number of aliphatic hydroxyl groups is 1. The maximum absolute atomic E-state index is 12.8. The first-order valence-electron chi connectivity index (χ1n) is 9.62. The highest BCUT2D eigenvalue weighted by Crippen LogP contribution is 2.25. The SMILES string of the molecule is CCCCc1nc(Cl)c(CO)n1Cc1ccc(S(=O)(=O)N(C)C(C)(C)C(=O)O)cc1. The predicted octanol–water partition coefficient (Wildman–Crippen LogP) is 2.90. The van der Waals surface area contributed by atoms with Crippen molar-refractivity contribution in [2.45, 2.75) is 63.6 Å². The molecule has 0 unspecified atom stereocenters. The largest absolute Gasteiger partial charge is 0.480 e. The van der Waals surface area contributed by atoms with Gasteiger partial charge in [-0.25, -0.2) is 13.4 Å². The Labute approximate surface area is 182 Å². The van der Waals surface area contributed by atoms with Gasteiger partial charge in [-0.2, -0.15) is 4.31 Å². The molecule has 10 heteroatoms. The molecule has 0 saturated carbocycles. The lowest BCUT2D eigenvalue weighted by Gasteiger charge is -2.30. The third kappa shape index (κ3) is 4.85. The van der Waals surface area contributed by atoms with Crippen LogP contribution in [0.3, 0.4) is 0 Å². The average Bonchev–Trinajstić information content (AvgIpc) is 3.00. The van der Waals surface area contributed by atoms with Crippen molar-refractivity contribution in [3.8, 4) is 0 Å². The molecular formula is C20H28ClN3O5S. The van der Waals surface area contributed by atoms with Crippen LogP contribution in [0.2, 0.25) is 5.15 Å². The van der Waals surface area contributed by atoms with Gasteiger partial charge in [-0.1, -0.05) is 37.1 Å². The number of carboxylic acid groups (broad SMARTS) is 1. The number of nitrogens with zero attached hydrogens (tertiary/aromatic N) is 3. The number of unbranched alkanes of at least 4 members (excludes halogenated alkanes) is 1. The number of aromatic nitrogens is 2. The summed E-state index contributed by atoms with van der Waals surface area (Å²) in [4.78, 5) is 15.8.